The summed E-state index contributed by atoms with van der Waals surface area (Å²) >= 11 is 0.547. The van der Waals surface area contributed by atoms with E-state index in [1.807, 2.05) is 31.2 Å². The number of benzene rings is 1. The van der Waals surface area contributed by atoms with Crippen molar-refractivity contribution in [1.29, 1.82) is 0 Å². The first kappa shape index (κ1) is 12.9. The van der Waals surface area contributed by atoms with Crippen molar-refractivity contribution in [3.8, 4) is 0 Å². The first-order valence-corrected chi connectivity index (χ1v) is 6.79. The van der Waals surface area contributed by atoms with Gasteiger partial charge in [-0.25, -0.2) is 0 Å². The number of hydrogen-bond acceptors (Lipinski definition) is 3. The van der Waals surface area contributed by atoms with Crippen molar-refractivity contribution in [2.75, 3.05) is 0 Å². The molecule has 0 amide bonds. The first-order chi connectivity index (χ1) is 8.59. The summed E-state index contributed by atoms with van der Waals surface area (Å²) < 4.78 is 16.2. The molecule has 18 heavy (non-hydrogen) atoms. The molecular weight excluding hydrogens is 248 g/mol. The third-order valence-electron chi connectivity index (χ3n) is 3.26. The molecule has 0 radical (unpaired) electrons. The maximum atomic E-state index is 11.8. The maximum absolute atomic E-state index is 11.8. The van der Waals surface area contributed by atoms with Crippen LogP contribution in [-0.2, 0) is 31.2 Å². The van der Waals surface area contributed by atoms with Gasteiger partial charge in [0.25, 0.3) is 5.75 Å². The quantitative estimate of drug-likeness (QED) is 0.784. The molecule has 0 aliphatic carbocycles. The summed E-state index contributed by atoms with van der Waals surface area (Å²) in [5.74, 6) is 1.08. The fourth-order valence-electron chi connectivity index (χ4n) is 1.82. The van der Waals surface area contributed by atoms with Crippen molar-refractivity contribution >= 4 is 23.2 Å². The van der Waals surface area contributed by atoms with Crippen LogP contribution in [0, 0.1) is 0 Å². The van der Waals surface area contributed by atoms with E-state index in [1.54, 1.807) is 13.0 Å². The Bertz CT molecular complexity index is 504. The minimum absolute atomic E-state index is 0.0131. The molecule has 0 saturated carbocycles. The van der Waals surface area contributed by atoms with Crippen LogP contribution < -0.4 is 0 Å². The molecule has 0 N–H and O–H groups in total. The standard InChI is InChI=1S/C14H15O3S/c1-3-14(2)13(15)8-12(17-14)11-6-4-10(5-7-11)9-18-16/h4-8H,3,9H2,1-2H3/q+1. The van der Waals surface area contributed by atoms with E-state index in [-0.39, 0.29) is 5.78 Å². The molecule has 0 spiro atoms. The highest BCUT2D eigenvalue weighted by Gasteiger charge is 2.38. The summed E-state index contributed by atoms with van der Waals surface area (Å²) in [7, 11) is 0. The Kier molecular flexibility index (Phi) is 3.57. The third kappa shape index (κ3) is 2.34. The highest BCUT2D eigenvalue weighted by molar-refractivity contribution is 7.64. The lowest BCUT2D eigenvalue weighted by molar-refractivity contribution is -0.127. The molecule has 0 saturated heterocycles. The summed E-state index contributed by atoms with van der Waals surface area (Å²) in [4.78, 5) is 11.8. The molecule has 0 aromatic heterocycles. The number of carbonyl (C=O) groups is 1. The minimum atomic E-state index is -0.723. The van der Waals surface area contributed by atoms with Gasteiger partial charge in [0.05, 0.1) is 0 Å². The predicted molar refractivity (Wildman–Crippen MR) is 71.0 cm³/mol. The summed E-state index contributed by atoms with van der Waals surface area (Å²) in [6.07, 6.45) is 2.21. The molecule has 1 heterocycles. The molecule has 3 nitrogen and oxygen atoms in total. The fraction of sp³-hybridized carbons (Fsp3) is 0.357. The van der Waals surface area contributed by atoms with Crippen LogP contribution >= 0.6 is 0 Å². The molecule has 0 bridgehead atoms. The molecule has 1 aromatic carbocycles. The number of rotatable bonds is 4. The lowest BCUT2D eigenvalue weighted by Crippen LogP contribution is -2.31. The van der Waals surface area contributed by atoms with Gasteiger partial charge in [-0.3, -0.25) is 4.79 Å². The van der Waals surface area contributed by atoms with E-state index in [1.165, 1.54) is 0 Å². The molecule has 0 fully saturated rings. The monoisotopic (exact) mass is 263 g/mol. The first-order valence-electron chi connectivity index (χ1n) is 5.88. The van der Waals surface area contributed by atoms with Crippen LogP contribution in [0.5, 0.6) is 0 Å². The SMILES string of the molecule is CCC1(C)OC(c2ccc(C[S+]=O)cc2)=CC1=O. The molecule has 1 aromatic rings. The van der Waals surface area contributed by atoms with E-state index in [0.29, 0.717) is 29.6 Å². The Balaban J connectivity index is 2.21. The lowest BCUT2D eigenvalue weighted by atomic mass is 9.99. The van der Waals surface area contributed by atoms with Gasteiger partial charge in [-0.1, -0.05) is 31.2 Å². The second kappa shape index (κ2) is 4.98. The zero-order valence-electron chi connectivity index (χ0n) is 10.4. The second-order valence-electron chi connectivity index (χ2n) is 4.52. The normalized spacial score (nSPS) is 22.6. The topological polar surface area (TPSA) is 43.4 Å². The molecule has 1 aliphatic rings. The van der Waals surface area contributed by atoms with Crippen LogP contribution in [0.4, 0.5) is 0 Å². The lowest BCUT2D eigenvalue weighted by Gasteiger charge is -2.21. The van der Waals surface area contributed by atoms with E-state index in [4.69, 9.17) is 4.74 Å². The molecular formula is C14H15O3S+. The fourth-order valence-corrected chi connectivity index (χ4v) is 2.14. The molecule has 1 atom stereocenters. The third-order valence-corrected chi connectivity index (χ3v) is 3.71. The average Bonchev–Trinajstić information content (AvgIpc) is 2.68. The van der Waals surface area contributed by atoms with E-state index >= 15 is 0 Å². The summed E-state index contributed by atoms with van der Waals surface area (Å²) in [5.41, 5.74) is 1.13. The Morgan fingerprint density at radius 1 is 1.28 bits per heavy atom. The van der Waals surface area contributed by atoms with Gasteiger partial charge in [-0.2, -0.15) is 0 Å². The van der Waals surface area contributed by atoms with Gasteiger partial charge >= 0.3 is 11.7 Å². The van der Waals surface area contributed by atoms with Gasteiger partial charge in [0, 0.05) is 21.4 Å². The van der Waals surface area contributed by atoms with E-state index in [2.05, 4.69) is 0 Å². The van der Waals surface area contributed by atoms with Crippen LogP contribution in [0.15, 0.2) is 30.3 Å². The van der Waals surface area contributed by atoms with Crippen LogP contribution in [0.1, 0.15) is 31.4 Å². The number of ether oxygens (including phenoxy) is 1. The van der Waals surface area contributed by atoms with Crippen LogP contribution in [0.25, 0.3) is 5.76 Å². The van der Waals surface area contributed by atoms with Crippen molar-refractivity contribution in [2.45, 2.75) is 31.6 Å². The summed E-state index contributed by atoms with van der Waals surface area (Å²) in [5, 5.41) is 0. The van der Waals surface area contributed by atoms with Crippen molar-refractivity contribution in [3.05, 3.63) is 41.5 Å². The Morgan fingerprint density at radius 2 is 1.94 bits per heavy atom. The zero-order chi connectivity index (χ0) is 13.2. The van der Waals surface area contributed by atoms with Crippen LogP contribution in [0.3, 0.4) is 0 Å². The molecule has 4 heteroatoms. The molecule has 2 rings (SSSR count). The molecule has 94 valence electrons. The van der Waals surface area contributed by atoms with Crippen LogP contribution in [0.2, 0.25) is 0 Å². The van der Waals surface area contributed by atoms with Gasteiger partial charge in [-0.05, 0) is 13.3 Å². The van der Waals surface area contributed by atoms with Crippen molar-refractivity contribution < 1.29 is 13.7 Å². The van der Waals surface area contributed by atoms with Crippen molar-refractivity contribution in [2.24, 2.45) is 0 Å². The Hall–Kier alpha value is -1.55. The summed E-state index contributed by atoms with van der Waals surface area (Å²) in [6.45, 7) is 3.74. The highest BCUT2D eigenvalue weighted by atomic mass is 32.1. The average molecular weight is 263 g/mol. The Morgan fingerprint density at radius 3 is 2.44 bits per heavy atom. The van der Waals surface area contributed by atoms with E-state index in [0.717, 1.165) is 11.1 Å². The predicted octanol–water partition coefficient (Wildman–Crippen LogP) is 2.72. The smallest absolute Gasteiger partial charge is 0.463 e. The largest absolute Gasteiger partial charge is 0.479 e. The van der Waals surface area contributed by atoms with Crippen molar-refractivity contribution in [1.82, 2.24) is 0 Å². The number of ketones is 1. The van der Waals surface area contributed by atoms with Gasteiger partial charge in [-0.15, -0.1) is 0 Å². The van der Waals surface area contributed by atoms with Gasteiger partial charge in [0.1, 0.15) is 5.76 Å². The zero-order valence-corrected chi connectivity index (χ0v) is 11.3. The minimum Gasteiger partial charge on any atom is -0.479 e. The van der Waals surface area contributed by atoms with Gasteiger partial charge < -0.3 is 4.74 Å². The maximum Gasteiger partial charge on any atom is 0.463 e. The highest BCUT2D eigenvalue weighted by Crippen LogP contribution is 2.33. The van der Waals surface area contributed by atoms with Gasteiger partial charge in [0.2, 0.25) is 5.78 Å². The van der Waals surface area contributed by atoms with Gasteiger partial charge in [0.15, 0.2) is 5.60 Å². The molecule has 1 aliphatic heterocycles. The van der Waals surface area contributed by atoms with Crippen molar-refractivity contribution in [3.63, 3.8) is 0 Å². The number of hydrogen-bond donors (Lipinski definition) is 0. The number of carbonyl (C=O) groups excluding carboxylic acids is 1. The summed E-state index contributed by atoms with van der Waals surface area (Å²) in [6, 6.07) is 7.53. The van der Waals surface area contributed by atoms with E-state index < -0.39 is 5.60 Å². The Labute approximate surface area is 110 Å². The molecule has 1 unspecified atom stereocenters. The van der Waals surface area contributed by atoms with E-state index in [9.17, 15) is 9.00 Å². The second-order valence-corrected chi connectivity index (χ2v) is 5.04. The van der Waals surface area contributed by atoms with Crippen LogP contribution in [-0.4, -0.2) is 11.4 Å².